The van der Waals surface area contributed by atoms with E-state index in [0.717, 1.165) is 37.9 Å². The smallest absolute Gasteiger partial charge is 0.181 e. The summed E-state index contributed by atoms with van der Waals surface area (Å²) in [6.45, 7) is 3.03. The van der Waals surface area contributed by atoms with E-state index < -0.39 is 11.6 Å². The van der Waals surface area contributed by atoms with Crippen molar-refractivity contribution in [1.82, 2.24) is 14.9 Å². The molecule has 1 fully saturated rings. The number of rotatable bonds is 10. The second kappa shape index (κ2) is 10.7. The SMILES string of the molecule is COc1cc2ncnc(Nc3ccc(F)c(Cl)c3)c2cc1OCCCN1CCC(OC)(OC)C1. The first-order chi connectivity index (χ1) is 16.5. The molecule has 1 aliphatic heterocycles. The number of anilines is 2. The fourth-order valence-corrected chi connectivity index (χ4v) is 4.23. The first kappa shape index (κ1) is 24.4. The van der Waals surface area contributed by atoms with Gasteiger partial charge in [-0.15, -0.1) is 0 Å². The first-order valence-electron chi connectivity index (χ1n) is 11.0. The van der Waals surface area contributed by atoms with E-state index in [-0.39, 0.29) is 5.02 Å². The maximum atomic E-state index is 13.5. The Kier molecular flexibility index (Phi) is 7.67. The van der Waals surface area contributed by atoms with Gasteiger partial charge in [0.15, 0.2) is 17.3 Å². The number of nitrogens with one attached hydrogen (secondary N) is 1. The monoisotopic (exact) mass is 490 g/mol. The molecule has 8 nitrogen and oxygen atoms in total. The highest BCUT2D eigenvalue weighted by molar-refractivity contribution is 6.31. The lowest BCUT2D eigenvalue weighted by Gasteiger charge is -2.26. The summed E-state index contributed by atoms with van der Waals surface area (Å²) >= 11 is 5.91. The van der Waals surface area contributed by atoms with Gasteiger partial charge < -0.3 is 24.3 Å². The first-order valence-corrected chi connectivity index (χ1v) is 11.3. The summed E-state index contributed by atoms with van der Waals surface area (Å²) in [4.78, 5) is 11.0. The van der Waals surface area contributed by atoms with Crippen molar-refractivity contribution >= 4 is 34.0 Å². The number of likely N-dealkylation sites (tertiary alicyclic amines) is 1. The molecule has 0 amide bonds. The molecule has 2 aromatic carbocycles. The Balaban J connectivity index is 1.45. The maximum absolute atomic E-state index is 13.5. The van der Waals surface area contributed by atoms with Crippen LogP contribution in [0.4, 0.5) is 15.9 Å². The van der Waals surface area contributed by atoms with Gasteiger partial charge in [-0.05, 0) is 30.7 Å². The Hall–Kier alpha value is -2.72. The van der Waals surface area contributed by atoms with E-state index in [1.807, 2.05) is 6.07 Å². The predicted molar refractivity (Wildman–Crippen MR) is 129 cm³/mol. The molecule has 182 valence electrons. The van der Waals surface area contributed by atoms with Crippen molar-refractivity contribution in [2.24, 2.45) is 0 Å². The molecule has 1 saturated heterocycles. The van der Waals surface area contributed by atoms with Crippen LogP contribution in [-0.2, 0) is 9.47 Å². The van der Waals surface area contributed by atoms with Crippen LogP contribution in [0.3, 0.4) is 0 Å². The van der Waals surface area contributed by atoms with E-state index in [1.54, 1.807) is 33.5 Å². The van der Waals surface area contributed by atoms with Gasteiger partial charge in [0.05, 0.1) is 30.8 Å². The minimum Gasteiger partial charge on any atom is -0.493 e. The third kappa shape index (κ3) is 5.33. The highest BCUT2D eigenvalue weighted by atomic mass is 35.5. The quantitative estimate of drug-likeness (QED) is 0.325. The van der Waals surface area contributed by atoms with Crippen molar-refractivity contribution in [3.05, 3.63) is 47.5 Å². The Morgan fingerprint density at radius 1 is 1.12 bits per heavy atom. The van der Waals surface area contributed by atoms with Gasteiger partial charge in [-0.3, -0.25) is 4.90 Å². The highest BCUT2D eigenvalue weighted by Gasteiger charge is 2.37. The zero-order chi connectivity index (χ0) is 24.1. The highest BCUT2D eigenvalue weighted by Crippen LogP contribution is 2.35. The number of halogens is 2. The van der Waals surface area contributed by atoms with Crippen molar-refractivity contribution in [3.8, 4) is 11.5 Å². The molecule has 10 heteroatoms. The summed E-state index contributed by atoms with van der Waals surface area (Å²) in [5.74, 6) is 0.730. The summed E-state index contributed by atoms with van der Waals surface area (Å²) in [5.41, 5.74) is 1.29. The Morgan fingerprint density at radius 3 is 2.65 bits per heavy atom. The van der Waals surface area contributed by atoms with Crippen LogP contribution in [0, 0.1) is 5.82 Å². The molecule has 3 aromatic rings. The van der Waals surface area contributed by atoms with Crippen molar-refractivity contribution in [2.75, 3.05) is 52.9 Å². The lowest BCUT2D eigenvalue weighted by molar-refractivity contribution is -0.195. The molecule has 0 atom stereocenters. The van der Waals surface area contributed by atoms with Gasteiger partial charge in [0.1, 0.15) is 18.0 Å². The second-order valence-electron chi connectivity index (χ2n) is 8.04. The Morgan fingerprint density at radius 2 is 1.94 bits per heavy atom. The van der Waals surface area contributed by atoms with Crippen LogP contribution in [0.2, 0.25) is 5.02 Å². The Bertz CT molecular complexity index is 1150. The number of fused-ring (bicyclic) bond motifs is 1. The van der Waals surface area contributed by atoms with Gasteiger partial charge in [-0.1, -0.05) is 11.6 Å². The molecule has 2 heterocycles. The van der Waals surface area contributed by atoms with Crippen molar-refractivity contribution in [2.45, 2.75) is 18.6 Å². The normalized spacial score (nSPS) is 15.6. The van der Waals surface area contributed by atoms with Gasteiger partial charge >= 0.3 is 0 Å². The van der Waals surface area contributed by atoms with E-state index in [9.17, 15) is 4.39 Å². The minimum absolute atomic E-state index is 0.0281. The molecule has 0 bridgehead atoms. The summed E-state index contributed by atoms with van der Waals surface area (Å²) in [6.07, 6.45) is 3.12. The molecule has 0 aliphatic carbocycles. The molecule has 1 aromatic heterocycles. The molecular weight excluding hydrogens is 463 g/mol. The van der Waals surface area contributed by atoms with Gasteiger partial charge in [-0.25, -0.2) is 14.4 Å². The molecule has 0 unspecified atom stereocenters. The second-order valence-corrected chi connectivity index (χ2v) is 8.45. The maximum Gasteiger partial charge on any atom is 0.181 e. The summed E-state index contributed by atoms with van der Waals surface area (Å²) in [7, 11) is 4.95. The van der Waals surface area contributed by atoms with Crippen molar-refractivity contribution in [3.63, 3.8) is 0 Å². The number of hydrogen-bond donors (Lipinski definition) is 1. The third-order valence-electron chi connectivity index (χ3n) is 6.00. The lowest BCUT2D eigenvalue weighted by atomic mass is 10.2. The summed E-state index contributed by atoms with van der Waals surface area (Å²) < 4.78 is 36.2. The summed E-state index contributed by atoms with van der Waals surface area (Å²) in [6, 6.07) is 8.05. The largest absolute Gasteiger partial charge is 0.493 e. The average Bonchev–Trinajstić information content (AvgIpc) is 3.28. The Labute approximate surface area is 202 Å². The summed E-state index contributed by atoms with van der Waals surface area (Å²) in [5, 5.41) is 3.94. The number of ether oxygens (including phenoxy) is 4. The van der Waals surface area contributed by atoms with E-state index in [1.165, 1.54) is 18.5 Å². The molecule has 1 N–H and O–H groups in total. The van der Waals surface area contributed by atoms with E-state index >= 15 is 0 Å². The van der Waals surface area contributed by atoms with E-state index in [0.29, 0.717) is 35.1 Å². The van der Waals surface area contributed by atoms with Gasteiger partial charge in [-0.2, -0.15) is 0 Å². The van der Waals surface area contributed by atoms with Crippen LogP contribution in [0.5, 0.6) is 11.5 Å². The molecule has 4 rings (SSSR count). The van der Waals surface area contributed by atoms with Crippen LogP contribution >= 0.6 is 11.6 Å². The lowest BCUT2D eigenvalue weighted by Crippen LogP contribution is -2.37. The zero-order valence-electron chi connectivity index (χ0n) is 19.4. The predicted octanol–water partition coefficient (Wildman–Crippen LogP) is 4.64. The number of methoxy groups -OCH3 is 3. The number of aromatic nitrogens is 2. The van der Waals surface area contributed by atoms with Gasteiger partial charge in [0.2, 0.25) is 0 Å². The molecule has 0 spiro atoms. The topological polar surface area (TPSA) is 78.0 Å². The van der Waals surface area contributed by atoms with Gasteiger partial charge in [0.25, 0.3) is 0 Å². The van der Waals surface area contributed by atoms with Gasteiger partial charge in [0, 0.05) is 50.9 Å². The number of benzene rings is 2. The van der Waals surface area contributed by atoms with Crippen LogP contribution in [-0.4, -0.2) is 68.2 Å². The molecule has 0 saturated carbocycles. The molecule has 1 aliphatic rings. The molecule has 34 heavy (non-hydrogen) atoms. The van der Waals surface area contributed by atoms with E-state index in [2.05, 4.69) is 20.2 Å². The van der Waals surface area contributed by atoms with Crippen LogP contribution < -0.4 is 14.8 Å². The fraction of sp³-hybridized carbons (Fsp3) is 0.417. The molecular formula is C24H28ClFN4O4. The number of hydrogen-bond acceptors (Lipinski definition) is 8. The van der Waals surface area contributed by atoms with Crippen LogP contribution in [0.1, 0.15) is 12.8 Å². The zero-order valence-corrected chi connectivity index (χ0v) is 20.2. The van der Waals surface area contributed by atoms with E-state index in [4.69, 9.17) is 30.5 Å². The van der Waals surface area contributed by atoms with Crippen LogP contribution in [0.15, 0.2) is 36.7 Å². The number of nitrogens with zero attached hydrogens (tertiary/aromatic N) is 3. The molecule has 0 radical (unpaired) electrons. The fourth-order valence-electron chi connectivity index (χ4n) is 4.05. The minimum atomic E-state index is -0.513. The van der Waals surface area contributed by atoms with Crippen molar-refractivity contribution in [1.29, 1.82) is 0 Å². The standard InChI is InChI=1S/C24H28ClFN4O4/c1-31-21-13-20-17(23(28-15-27-20)29-16-5-6-19(26)18(25)11-16)12-22(21)34-10-4-8-30-9-7-24(14-30,32-2)33-3/h5-6,11-13,15H,4,7-10,14H2,1-3H3,(H,27,28,29). The van der Waals surface area contributed by atoms with Crippen molar-refractivity contribution < 1.29 is 23.3 Å². The third-order valence-corrected chi connectivity index (χ3v) is 6.29. The average molecular weight is 491 g/mol. The van der Waals surface area contributed by atoms with Crippen LogP contribution in [0.25, 0.3) is 10.9 Å².